The number of carbonyl (C=O) groups is 2. The number of hydrogen-bond acceptors (Lipinski definition) is 7. The number of nitrogens with zero attached hydrogens (tertiary/aromatic N) is 4. The van der Waals surface area contributed by atoms with Crippen molar-refractivity contribution in [3.8, 4) is 11.3 Å². The quantitative estimate of drug-likeness (QED) is 0.470. The maximum atomic E-state index is 12.8. The smallest absolute Gasteiger partial charge is 0.410 e. The van der Waals surface area contributed by atoms with Crippen molar-refractivity contribution in [2.24, 2.45) is 0 Å². The Morgan fingerprint density at radius 2 is 1.62 bits per heavy atom. The molecular formula is C31H40N6O3. The summed E-state index contributed by atoms with van der Waals surface area (Å²) in [5.74, 6) is -0.0290. The molecule has 9 nitrogen and oxygen atoms in total. The molecule has 2 aliphatic rings. The zero-order chi connectivity index (χ0) is 28.3. The van der Waals surface area contributed by atoms with Crippen LogP contribution in [0.3, 0.4) is 0 Å². The fraction of sp³-hybridized carbons (Fsp3) is 0.484. The van der Waals surface area contributed by atoms with Gasteiger partial charge in [0.1, 0.15) is 5.60 Å². The number of pyridine rings is 2. The molecule has 0 bridgehead atoms. The molecule has 2 aliphatic heterocycles. The summed E-state index contributed by atoms with van der Waals surface area (Å²) in [7, 11) is 2.12. The summed E-state index contributed by atoms with van der Waals surface area (Å²) < 4.78 is 5.54. The van der Waals surface area contributed by atoms with Crippen LogP contribution < -0.4 is 10.6 Å². The Balaban J connectivity index is 1.28. The van der Waals surface area contributed by atoms with Gasteiger partial charge < -0.3 is 25.2 Å². The molecule has 2 fully saturated rings. The number of nitrogens with one attached hydrogen (secondary N) is 2. The number of amides is 2. The fourth-order valence-corrected chi connectivity index (χ4v) is 5.30. The molecule has 0 aliphatic carbocycles. The molecule has 2 N–H and O–H groups in total. The summed E-state index contributed by atoms with van der Waals surface area (Å²) in [4.78, 5) is 38.6. The zero-order valence-corrected chi connectivity index (χ0v) is 23.9. The van der Waals surface area contributed by atoms with Crippen LogP contribution in [-0.4, -0.2) is 82.7 Å². The van der Waals surface area contributed by atoms with Gasteiger partial charge in [-0.1, -0.05) is 12.1 Å². The van der Waals surface area contributed by atoms with Gasteiger partial charge in [0.15, 0.2) is 0 Å². The van der Waals surface area contributed by atoms with E-state index in [0.29, 0.717) is 18.7 Å². The van der Waals surface area contributed by atoms with Gasteiger partial charge in [0.2, 0.25) is 0 Å². The summed E-state index contributed by atoms with van der Waals surface area (Å²) in [5.41, 5.74) is 3.74. The maximum absolute atomic E-state index is 12.8. The van der Waals surface area contributed by atoms with Gasteiger partial charge in [0.25, 0.3) is 5.91 Å². The molecule has 2 aromatic heterocycles. The van der Waals surface area contributed by atoms with Crippen molar-refractivity contribution >= 4 is 28.6 Å². The molecule has 0 unspecified atom stereocenters. The number of anilines is 1. The van der Waals surface area contributed by atoms with Crippen LogP contribution in [0.1, 0.15) is 56.8 Å². The summed E-state index contributed by atoms with van der Waals surface area (Å²) >= 11 is 0. The Morgan fingerprint density at radius 1 is 0.950 bits per heavy atom. The first kappa shape index (κ1) is 27.8. The van der Waals surface area contributed by atoms with E-state index >= 15 is 0 Å². The number of rotatable bonds is 5. The Hall–Kier alpha value is -3.72. The van der Waals surface area contributed by atoms with E-state index < -0.39 is 5.60 Å². The molecule has 2 saturated heterocycles. The second kappa shape index (κ2) is 11.8. The molecule has 0 radical (unpaired) electrons. The van der Waals surface area contributed by atoms with Gasteiger partial charge in [0, 0.05) is 59.8 Å². The second-order valence-corrected chi connectivity index (χ2v) is 12.0. The van der Waals surface area contributed by atoms with E-state index in [1.165, 1.54) is 0 Å². The number of hydrogen-bond donors (Lipinski definition) is 2. The van der Waals surface area contributed by atoms with Crippen LogP contribution in [0.25, 0.3) is 22.2 Å². The van der Waals surface area contributed by atoms with Crippen LogP contribution in [0.5, 0.6) is 0 Å². The lowest BCUT2D eigenvalue weighted by Crippen LogP contribution is -2.44. The van der Waals surface area contributed by atoms with Crippen molar-refractivity contribution in [1.82, 2.24) is 25.1 Å². The van der Waals surface area contributed by atoms with E-state index in [-0.39, 0.29) is 24.1 Å². The lowest BCUT2D eigenvalue weighted by atomic mass is 10.0. The topological polar surface area (TPSA) is 99.7 Å². The third-order valence-electron chi connectivity index (χ3n) is 7.61. The van der Waals surface area contributed by atoms with Gasteiger partial charge >= 0.3 is 6.09 Å². The Morgan fingerprint density at radius 3 is 2.30 bits per heavy atom. The molecule has 0 saturated carbocycles. The first-order valence-electron chi connectivity index (χ1n) is 14.2. The standard InChI is InChI=1S/C31H40N6O3/c1-31(2,3)40-30(39)37-17-12-23(13-18-37)33-28-19-27(35-26-9-14-32-20-25(26)28)21-5-7-22(8-6-21)29(38)34-24-10-15-36(4)16-11-24/h5-9,14,19-20,23-24H,10-13,15-18H2,1-4H3,(H,33,35)(H,34,38). The fourth-order valence-electron chi connectivity index (χ4n) is 5.30. The minimum Gasteiger partial charge on any atom is -0.444 e. The highest BCUT2D eigenvalue weighted by molar-refractivity contribution is 5.96. The zero-order valence-electron chi connectivity index (χ0n) is 23.9. The molecule has 0 spiro atoms. The molecule has 0 atom stereocenters. The Kier molecular flexibility index (Phi) is 8.21. The lowest BCUT2D eigenvalue weighted by Gasteiger charge is -2.34. The van der Waals surface area contributed by atoms with Crippen molar-refractivity contribution < 1.29 is 14.3 Å². The van der Waals surface area contributed by atoms with Crippen molar-refractivity contribution in [3.63, 3.8) is 0 Å². The summed E-state index contributed by atoms with van der Waals surface area (Å²) in [6.07, 6.45) is 6.92. The Labute approximate surface area is 236 Å². The van der Waals surface area contributed by atoms with E-state index in [1.807, 2.05) is 57.3 Å². The first-order valence-corrected chi connectivity index (χ1v) is 14.2. The molecule has 40 heavy (non-hydrogen) atoms. The van der Waals surface area contributed by atoms with Crippen LogP contribution in [0.15, 0.2) is 48.8 Å². The minimum absolute atomic E-state index is 0.0290. The number of aromatic nitrogens is 2. The van der Waals surface area contributed by atoms with E-state index in [2.05, 4.69) is 33.6 Å². The second-order valence-electron chi connectivity index (χ2n) is 12.0. The van der Waals surface area contributed by atoms with Crippen molar-refractivity contribution in [3.05, 3.63) is 54.4 Å². The van der Waals surface area contributed by atoms with Crippen LogP contribution in [0.4, 0.5) is 10.5 Å². The summed E-state index contributed by atoms with van der Waals surface area (Å²) in [5, 5.41) is 7.83. The summed E-state index contributed by atoms with van der Waals surface area (Å²) in [6, 6.07) is 12.1. The van der Waals surface area contributed by atoms with Crippen molar-refractivity contribution in [1.29, 1.82) is 0 Å². The minimum atomic E-state index is -0.500. The van der Waals surface area contributed by atoms with Gasteiger partial charge in [0.05, 0.1) is 11.2 Å². The van der Waals surface area contributed by atoms with Gasteiger partial charge in [-0.25, -0.2) is 9.78 Å². The average molecular weight is 545 g/mol. The molecule has 1 aromatic carbocycles. The molecule has 3 aromatic rings. The normalized spacial score (nSPS) is 17.6. The van der Waals surface area contributed by atoms with Crippen LogP contribution in [0.2, 0.25) is 0 Å². The van der Waals surface area contributed by atoms with Crippen LogP contribution in [0, 0.1) is 0 Å². The Bertz CT molecular complexity index is 1340. The monoisotopic (exact) mass is 544 g/mol. The first-order chi connectivity index (χ1) is 19.1. The average Bonchev–Trinajstić information content (AvgIpc) is 2.94. The molecule has 4 heterocycles. The predicted octanol–water partition coefficient (Wildman–Crippen LogP) is 4.93. The molecule has 2 amide bonds. The number of ether oxygens (including phenoxy) is 1. The number of benzene rings is 1. The molecule has 5 rings (SSSR count). The highest BCUT2D eigenvalue weighted by Gasteiger charge is 2.27. The van der Waals surface area contributed by atoms with E-state index in [0.717, 1.165) is 66.6 Å². The van der Waals surface area contributed by atoms with E-state index in [4.69, 9.17) is 9.72 Å². The SMILES string of the molecule is CN1CCC(NC(=O)c2ccc(-c3cc(NC4CCN(C(=O)OC(C)(C)C)CC4)c4cnccc4n3)cc2)CC1. The largest absolute Gasteiger partial charge is 0.444 e. The van der Waals surface area contributed by atoms with Gasteiger partial charge in [-0.3, -0.25) is 9.78 Å². The van der Waals surface area contributed by atoms with Gasteiger partial charge in [-0.2, -0.15) is 0 Å². The highest BCUT2D eigenvalue weighted by Crippen LogP contribution is 2.30. The number of fused-ring (bicyclic) bond motifs is 1. The van der Waals surface area contributed by atoms with Crippen LogP contribution in [-0.2, 0) is 4.74 Å². The van der Waals surface area contributed by atoms with Crippen molar-refractivity contribution in [2.45, 2.75) is 64.1 Å². The third kappa shape index (κ3) is 6.88. The van der Waals surface area contributed by atoms with E-state index in [9.17, 15) is 9.59 Å². The number of likely N-dealkylation sites (tertiary alicyclic amines) is 2. The molecular weight excluding hydrogens is 504 g/mol. The molecule has 212 valence electrons. The van der Waals surface area contributed by atoms with E-state index in [1.54, 1.807) is 11.1 Å². The lowest BCUT2D eigenvalue weighted by molar-refractivity contribution is 0.0210. The van der Waals surface area contributed by atoms with Crippen LogP contribution >= 0.6 is 0 Å². The highest BCUT2D eigenvalue weighted by atomic mass is 16.6. The van der Waals surface area contributed by atoms with Crippen molar-refractivity contribution in [2.75, 3.05) is 38.5 Å². The number of carbonyl (C=O) groups excluding carboxylic acids is 2. The number of piperidine rings is 2. The molecule has 9 heteroatoms. The summed E-state index contributed by atoms with van der Waals surface area (Å²) in [6.45, 7) is 8.95. The van der Waals surface area contributed by atoms with Gasteiger partial charge in [-0.05, 0) is 90.9 Å². The third-order valence-corrected chi connectivity index (χ3v) is 7.61. The maximum Gasteiger partial charge on any atom is 0.410 e. The predicted molar refractivity (Wildman–Crippen MR) is 157 cm³/mol. The van der Waals surface area contributed by atoms with Gasteiger partial charge in [-0.15, -0.1) is 0 Å².